The van der Waals surface area contributed by atoms with Crippen molar-refractivity contribution in [2.75, 3.05) is 18.4 Å². The molecule has 1 fully saturated rings. The van der Waals surface area contributed by atoms with E-state index in [1.54, 1.807) is 24.3 Å². The molecule has 2 heterocycles. The zero-order chi connectivity index (χ0) is 19.7. The number of aryl methyl sites for hydroxylation is 1. The Hall–Kier alpha value is -2.64. The molecule has 6 nitrogen and oxygen atoms in total. The van der Waals surface area contributed by atoms with Gasteiger partial charge < -0.3 is 9.88 Å². The molecular formula is C21H23N3O3S. The van der Waals surface area contributed by atoms with Crippen molar-refractivity contribution in [3.05, 3.63) is 60.3 Å². The van der Waals surface area contributed by atoms with Crippen LogP contribution in [0.5, 0.6) is 0 Å². The van der Waals surface area contributed by atoms with Gasteiger partial charge in [-0.1, -0.05) is 18.2 Å². The highest BCUT2D eigenvalue weighted by Gasteiger charge is 2.26. The van der Waals surface area contributed by atoms with E-state index >= 15 is 0 Å². The number of nitrogens with zero attached hydrogens (tertiary/aromatic N) is 2. The van der Waals surface area contributed by atoms with Crippen LogP contribution in [0.25, 0.3) is 10.9 Å². The lowest BCUT2D eigenvalue weighted by Crippen LogP contribution is -2.27. The van der Waals surface area contributed by atoms with Gasteiger partial charge in [0.1, 0.15) is 6.54 Å². The lowest BCUT2D eigenvalue weighted by Gasteiger charge is -2.16. The number of rotatable bonds is 5. The zero-order valence-electron chi connectivity index (χ0n) is 15.8. The van der Waals surface area contributed by atoms with Crippen LogP contribution in [0.3, 0.4) is 0 Å². The minimum atomic E-state index is -3.44. The number of amides is 1. The van der Waals surface area contributed by atoms with Crippen molar-refractivity contribution in [3.63, 3.8) is 0 Å². The van der Waals surface area contributed by atoms with Crippen LogP contribution in [0.4, 0.5) is 5.69 Å². The fraction of sp³-hybridized carbons (Fsp3) is 0.286. The Morgan fingerprint density at radius 1 is 1.04 bits per heavy atom. The van der Waals surface area contributed by atoms with Crippen LogP contribution >= 0.6 is 0 Å². The number of hydrogen-bond donors (Lipinski definition) is 1. The Labute approximate surface area is 164 Å². The van der Waals surface area contributed by atoms with Crippen LogP contribution in [0.15, 0.2) is 59.5 Å². The first-order valence-electron chi connectivity index (χ1n) is 9.40. The number of fused-ring (bicyclic) bond motifs is 1. The Kier molecular flexibility index (Phi) is 4.95. The summed E-state index contributed by atoms with van der Waals surface area (Å²) in [5.41, 5.74) is 2.62. The number of hydrogen-bond acceptors (Lipinski definition) is 3. The summed E-state index contributed by atoms with van der Waals surface area (Å²) in [5, 5.41) is 3.95. The van der Waals surface area contributed by atoms with Gasteiger partial charge in [-0.05, 0) is 61.5 Å². The van der Waals surface area contributed by atoms with E-state index in [9.17, 15) is 13.2 Å². The van der Waals surface area contributed by atoms with E-state index in [0.717, 1.165) is 29.4 Å². The molecule has 1 aliphatic heterocycles. The Morgan fingerprint density at radius 3 is 2.43 bits per heavy atom. The van der Waals surface area contributed by atoms with Gasteiger partial charge in [0.2, 0.25) is 15.9 Å². The van der Waals surface area contributed by atoms with Crippen molar-refractivity contribution in [1.82, 2.24) is 8.87 Å². The second-order valence-electron chi connectivity index (χ2n) is 7.11. The topological polar surface area (TPSA) is 71.4 Å². The van der Waals surface area contributed by atoms with Gasteiger partial charge in [0, 0.05) is 30.0 Å². The molecule has 1 saturated heterocycles. The van der Waals surface area contributed by atoms with Gasteiger partial charge in [-0.25, -0.2) is 8.42 Å². The first-order chi connectivity index (χ1) is 13.4. The highest BCUT2D eigenvalue weighted by Crippen LogP contribution is 2.23. The quantitative estimate of drug-likeness (QED) is 0.717. The number of sulfonamides is 1. The van der Waals surface area contributed by atoms with Crippen molar-refractivity contribution in [2.45, 2.75) is 31.2 Å². The van der Waals surface area contributed by atoms with Crippen LogP contribution in [0.2, 0.25) is 0 Å². The number of carbonyl (C=O) groups excluding carboxylic acids is 1. The minimum absolute atomic E-state index is 0.153. The maximum Gasteiger partial charge on any atom is 0.244 e. The molecule has 0 saturated carbocycles. The maximum atomic E-state index is 12.6. The Balaban J connectivity index is 1.47. The molecule has 146 valence electrons. The standard InChI is InChI=1S/C21H23N3O3S/c1-16-14-17-6-2-3-7-20(17)24(16)15-21(25)22-18-8-10-19(11-9-18)28(26,27)23-12-4-5-13-23/h2-3,6-11,14H,4-5,12-13,15H2,1H3,(H,22,25). The molecule has 28 heavy (non-hydrogen) atoms. The molecule has 0 atom stereocenters. The molecule has 7 heteroatoms. The minimum Gasteiger partial charge on any atom is -0.335 e. The number of aromatic nitrogens is 1. The molecule has 0 bridgehead atoms. The monoisotopic (exact) mass is 397 g/mol. The fourth-order valence-electron chi connectivity index (χ4n) is 3.69. The third kappa shape index (κ3) is 3.55. The van der Waals surface area contributed by atoms with Crippen LogP contribution in [-0.4, -0.2) is 36.3 Å². The average Bonchev–Trinajstić information content (AvgIpc) is 3.32. The van der Waals surface area contributed by atoms with E-state index < -0.39 is 10.0 Å². The van der Waals surface area contributed by atoms with Gasteiger partial charge in [0.25, 0.3) is 0 Å². The molecule has 0 aliphatic carbocycles. The molecular weight excluding hydrogens is 374 g/mol. The summed E-state index contributed by atoms with van der Waals surface area (Å²) in [7, 11) is -3.44. The summed E-state index contributed by atoms with van der Waals surface area (Å²) < 4.78 is 28.6. The van der Waals surface area contributed by atoms with Crippen molar-refractivity contribution in [1.29, 1.82) is 0 Å². The highest BCUT2D eigenvalue weighted by atomic mass is 32.2. The summed E-state index contributed by atoms with van der Waals surface area (Å²) in [6, 6.07) is 16.4. The third-order valence-corrected chi connectivity index (χ3v) is 7.07. The largest absolute Gasteiger partial charge is 0.335 e. The second kappa shape index (κ2) is 7.41. The number of carbonyl (C=O) groups is 1. The van der Waals surface area contributed by atoms with E-state index in [4.69, 9.17) is 0 Å². The van der Waals surface area contributed by atoms with E-state index in [1.807, 2.05) is 35.8 Å². The van der Waals surface area contributed by atoms with E-state index in [-0.39, 0.29) is 17.3 Å². The Morgan fingerprint density at radius 2 is 1.71 bits per heavy atom. The summed E-state index contributed by atoms with van der Waals surface area (Å²) in [5.74, 6) is -0.153. The number of nitrogens with one attached hydrogen (secondary N) is 1. The van der Waals surface area contributed by atoms with Crippen molar-refractivity contribution in [3.8, 4) is 0 Å². The van der Waals surface area contributed by atoms with Gasteiger partial charge in [-0.2, -0.15) is 4.31 Å². The number of anilines is 1. The third-order valence-electron chi connectivity index (χ3n) is 5.16. The van der Waals surface area contributed by atoms with Crippen LogP contribution in [-0.2, 0) is 21.4 Å². The molecule has 1 aliphatic rings. The van der Waals surface area contributed by atoms with Crippen molar-refractivity contribution in [2.24, 2.45) is 0 Å². The molecule has 0 spiro atoms. The summed E-state index contributed by atoms with van der Waals surface area (Å²) in [6.45, 7) is 3.33. The first-order valence-corrected chi connectivity index (χ1v) is 10.8. The van der Waals surface area contributed by atoms with Gasteiger partial charge in [-0.3, -0.25) is 4.79 Å². The van der Waals surface area contributed by atoms with Gasteiger partial charge in [0.05, 0.1) is 4.90 Å². The van der Waals surface area contributed by atoms with Crippen LogP contribution in [0, 0.1) is 6.92 Å². The first kappa shape index (κ1) is 18.7. The van der Waals surface area contributed by atoms with E-state index in [1.165, 1.54) is 4.31 Å². The summed E-state index contributed by atoms with van der Waals surface area (Å²) in [6.07, 6.45) is 1.81. The van der Waals surface area contributed by atoms with Crippen LogP contribution in [0.1, 0.15) is 18.5 Å². The van der Waals surface area contributed by atoms with Crippen molar-refractivity contribution < 1.29 is 13.2 Å². The smallest absolute Gasteiger partial charge is 0.244 e. The second-order valence-corrected chi connectivity index (χ2v) is 9.05. The molecule has 3 aromatic rings. The molecule has 0 unspecified atom stereocenters. The van der Waals surface area contributed by atoms with Gasteiger partial charge in [-0.15, -0.1) is 0 Å². The van der Waals surface area contributed by atoms with Gasteiger partial charge >= 0.3 is 0 Å². The normalized spacial score (nSPS) is 15.2. The van der Waals surface area contributed by atoms with Gasteiger partial charge in [0.15, 0.2) is 0 Å². The Bertz CT molecular complexity index is 1110. The molecule has 1 aromatic heterocycles. The van der Waals surface area contributed by atoms with Crippen LogP contribution < -0.4 is 5.32 Å². The fourth-order valence-corrected chi connectivity index (χ4v) is 5.21. The average molecular weight is 398 g/mol. The number of benzene rings is 2. The lowest BCUT2D eigenvalue weighted by molar-refractivity contribution is -0.116. The van der Waals surface area contributed by atoms with E-state index in [0.29, 0.717) is 18.8 Å². The molecule has 4 rings (SSSR count). The molecule has 1 N–H and O–H groups in total. The molecule has 0 radical (unpaired) electrons. The maximum absolute atomic E-state index is 12.6. The zero-order valence-corrected chi connectivity index (χ0v) is 16.6. The molecule has 1 amide bonds. The SMILES string of the molecule is Cc1cc2ccccc2n1CC(=O)Nc1ccc(S(=O)(=O)N2CCCC2)cc1. The molecule has 2 aromatic carbocycles. The van der Waals surface area contributed by atoms with Crippen molar-refractivity contribution >= 4 is 32.5 Å². The highest BCUT2D eigenvalue weighted by molar-refractivity contribution is 7.89. The summed E-state index contributed by atoms with van der Waals surface area (Å²) in [4.78, 5) is 12.8. The predicted molar refractivity (Wildman–Crippen MR) is 110 cm³/mol. The van der Waals surface area contributed by atoms with E-state index in [2.05, 4.69) is 11.4 Å². The summed E-state index contributed by atoms with van der Waals surface area (Å²) >= 11 is 0. The predicted octanol–water partition coefficient (Wildman–Crippen LogP) is 3.37. The lowest BCUT2D eigenvalue weighted by atomic mass is 10.2. The number of para-hydroxylation sites is 1.